The van der Waals surface area contributed by atoms with Crippen molar-refractivity contribution in [2.75, 3.05) is 38.1 Å². The maximum atomic E-state index is 12.2. The molecule has 2 amide bonds. The first-order chi connectivity index (χ1) is 13.6. The summed E-state index contributed by atoms with van der Waals surface area (Å²) in [5.74, 6) is 0.500. The Kier molecular flexibility index (Phi) is 9.01. The lowest BCUT2D eigenvalue weighted by Gasteiger charge is -2.18. The van der Waals surface area contributed by atoms with Crippen molar-refractivity contribution in [1.82, 2.24) is 10.2 Å². The fourth-order valence-electron chi connectivity index (χ4n) is 2.68. The Morgan fingerprint density at radius 1 is 0.964 bits per heavy atom. The number of nitrogens with one attached hydrogen (secondary N) is 2. The smallest absolute Gasteiger partial charge is 0.251 e. The highest BCUT2D eigenvalue weighted by molar-refractivity contribution is 5.95. The maximum absolute atomic E-state index is 12.2. The zero-order valence-corrected chi connectivity index (χ0v) is 16.6. The first kappa shape index (κ1) is 21.4. The Labute approximate surface area is 166 Å². The second kappa shape index (κ2) is 11.8. The predicted octanol–water partition coefficient (Wildman–Crippen LogP) is 3.17. The van der Waals surface area contributed by atoms with Crippen molar-refractivity contribution in [2.45, 2.75) is 20.3 Å². The van der Waals surface area contributed by atoms with Crippen molar-refractivity contribution >= 4 is 17.5 Å². The molecule has 0 spiro atoms. The molecule has 0 aliphatic heterocycles. The molecule has 6 heteroatoms. The van der Waals surface area contributed by atoms with Crippen LogP contribution in [0.5, 0.6) is 5.75 Å². The number of para-hydroxylation sites is 1. The van der Waals surface area contributed by atoms with E-state index in [0.29, 0.717) is 24.4 Å². The van der Waals surface area contributed by atoms with Gasteiger partial charge in [-0.15, -0.1) is 0 Å². The second-order valence-electron chi connectivity index (χ2n) is 6.32. The number of benzene rings is 2. The third kappa shape index (κ3) is 7.40. The van der Waals surface area contributed by atoms with Gasteiger partial charge in [0, 0.05) is 24.3 Å². The first-order valence-electron chi connectivity index (χ1n) is 9.70. The summed E-state index contributed by atoms with van der Waals surface area (Å²) in [7, 11) is 0. The zero-order chi connectivity index (χ0) is 20.2. The van der Waals surface area contributed by atoms with E-state index in [1.807, 2.05) is 30.3 Å². The molecule has 28 heavy (non-hydrogen) atoms. The molecule has 2 N–H and O–H groups in total. The lowest BCUT2D eigenvalue weighted by molar-refractivity contribution is -0.116. The van der Waals surface area contributed by atoms with E-state index in [1.165, 1.54) is 0 Å². The van der Waals surface area contributed by atoms with Crippen molar-refractivity contribution in [3.8, 4) is 5.75 Å². The van der Waals surface area contributed by atoms with Gasteiger partial charge in [-0.2, -0.15) is 0 Å². The lowest BCUT2D eigenvalue weighted by Crippen LogP contribution is -2.34. The standard InChI is InChI=1S/C22H29N3O3/c1-3-25(4-2)16-15-23-22(27)18-10-12-19(13-11-18)24-21(26)14-17-28-20-8-6-5-7-9-20/h5-13H,3-4,14-17H2,1-2H3,(H,23,27)(H,24,26). The predicted molar refractivity (Wildman–Crippen MR) is 112 cm³/mol. The summed E-state index contributed by atoms with van der Waals surface area (Å²) >= 11 is 0. The van der Waals surface area contributed by atoms with E-state index in [0.717, 1.165) is 25.4 Å². The number of anilines is 1. The third-order valence-corrected chi connectivity index (χ3v) is 4.38. The fraction of sp³-hybridized carbons (Fsp3) is 0.364. The van der Waals surface area contributed by atoms with E-state index < -0.39 is 0 Å². The molecule has 0 heterocycles. The van der Waals surface area contributed by atoms with Gasteiger partial charge in [0.2, 0.25) is 5.91 Å². The van der Waals surface area contributed by atoms with E-state index in [4.69, 9.17) is 4.74 Å². The van der Waals surface area contributed by atoms with Crippen molar-refractivity contribution < 1.29 is 14.3 Å². The van der Waals surface area contributed by atoms with Gasteiger partial charge in [-0.05, 0) is 49.5 Å². The van der Waals surface area contributed by atoms with E-state index in [9.17, 15) is 9.59 Å². The van der Waals surface area contributed by atoms with Crippen molar-refractivity contribution in [3.05, 3.63) is 60.2 Å². The Morgan fingerprint density at radius 3 is 2.29 bits per heavy atom. The quantitative estimate of drug-likeness (QED) is 0.625. The Bertz CT molecular complexity index is 728. The first-order valence-corrected chi connectivity index (χ1v) is 9.70. The highest BCUT2D eigenvalue weighted by atomic mass is 16.5. The van der Waals surface area contributed by atoms with Gasteiger partial charge in [-0.3, -0.25) is 9.59 Å². The van der Waals surface area contributed by atoms with Crippen molar-refractivity contribution in [2.24, 2.45) is 0 Å². The molecule has 0 atom stereocenters. The maximum Gasteiger partial charge on any atom is 0.251 e. The van der Waals surface area contributed by atoms with Gasteiger partial charge in [0.05, 0.1) is 13.0 Å². The normalized spacial score (nSPS) is 10.5. The minimum absolute atomic E-state index is 0.110. The molecular weight excluding hydrogens is 354 g/mol. The fourth-order valence-corrected chi connectivity index (χ4v) is 2.68. The summed E-state index contributed by atoms with van der Waals surface area (Å²) < 4.78 is 5.52. The van der Waals surface area contributed by atoms with Crippen LogP contribution < -0.4 is 15.4 Å². The summed E-state index contributed by atoms with van der Waals surface area (Å²) in [6, 6.07) is 16.3. The molecule has 2 aromatic carbocycles. The highest BCUT2D eigenvalue weighted by Crippen LogP contribution is 2.11. The van der Waals surface area contributed by atoms with Crippen LogP contribution in [-0.4, -0.2) is 49.5 Å². The van der Waals surface area contributed by atoms with Gasteiger partial charge in [-0.1, -0.05) is 32.0 Å². The Morgan fingerprint density at radius 2 is 1.64 bits per heavy atom. The highest BCUT2D eigenvalue weighted by Gasteiger charge is 2.07. The van der Waals surface area contributed by atoms with Gasteiger partial charge in [0.15, 0.2) is 0 Å². The van der Waals surface area contributed by atoms with Crippen LogP contribution in [0, 0.1) is 0 Å². The topological polar surface area (TPSA) is 70.7 Å². The lowest BCUT2D eigenvalue weighted by atomic mass is 10.2. The number of rotatable bonds is 11. The number of amides is 2. The molecule has 2 rings (SSSR count). The van der Waals surface area contributed by atoms with Gasteiger partial charge in [-0.25, -0.2) is 0 Å². The van der Waals surface area contributed by atoms with Crippen LogP contribution in [0.25, 0.3) is 0 Å². The van der Waals surface area contributed by atoms with E-state index >= 15 is 0 Å². The van der Waals surface area contributed by atoms with Gasteiger partial charge in [0.25, 0.3) is 5.91 Å². The van der Waals surface area contributed by atoms with E-state index in [-0.39, 0.29) is 18.2 Å². The SMILES string of the molecule is CCN(CC)CCNC(=O)c1ccc(NC(=O)CCOc2ccccc2)cc1. The van der Waals surface area contributed by atoms with Crippen LogP contribution in [0.3, 0.4) is 0 Å². The third-order valence-electron chi connectivity index (χ3n) is 4.38. The summed E-state index contributed by atoms with van der Waals surface area (Å²) in [4.78, 5) is 26.4. The summed E-state index contributed by atoms with van der Waals surface area (Å²) in [5, 5.41) is 5.73. The Hall–Kier alpha value is -2.86. The van der Waals surface area contributed by atoms with Crippen molar-refractivity contribution in [3.63, 3.8) is 0 Å². The molecule has 2 aromatic rings. The molecule has 0 saturated carbocycles. The van der Waals surface area contributed by atoms with Gasteiger partial charge in [0.1, 0.15) is 5.75 Å². The van der Waals surface area contributed by atoms with Crippen LogP contribution in [0.2, 0.25) is 0 Å². The second-order valence-corrected chi connectivity index (χ2v) is 6.32. The number of carbonyl (C=O) groups is 2. The van der Waals surface area contributed by atoms with Crippen LogP contribution >= 0.6 is 0 Å². The minimum atomic E-state index is -0.132. The molecule has 0 radical (unpaired) electrons. The van der Waals surface area contributed by atoms with Crippen molar-refractivity contribution in [1.29, 1.82) is 0 Å². The molecule has 0 aromatic heterocycles. The van der Waals surface area contributed by atoms with Crippen LogP contribution in [0.15, 0.2) is 54.6 Å². The average Bonchev–Trinajstić information content (AvgIpc) is 2.72. The minimum Gasteiger partial charge on any atom is -0.493 e. The number of nitrogens with zero attached hydrogens (tertiary/aromatic N) is 1. The number of hydrogen-bond donors (Lipinski definition) is 2. The molecule has 0 aliphatic rings. The van der Waals surface area contributed by atoms with Crippen LogP contribution in [0.4, 0.5) is 5.69 Å². The van der Waals surface area contributed by atoms with Gasteiger partial charge >= 0.3 is 0 Å². The van der Waals surface area contributed by atoms with Crippen LogP contribution in [0.1, 0.15) is 30.6 Å². The monoisotopic (exact) mass is 383 g/mol. The largest absolute Gasteiger partial charge is 0.493 e. The molecule has 0 saturated heterocycles. The molecule has 0 bridgehead atoms. The molecule has 0 aliphatic carbocycles. The molecule has 150 valence electrons. The average molecular weight is 383 g/mol. The Balaban J connectivity index is 1.72. The summed E-state index contributed by atoms with van der Waals surface area (Å²) in [6.07, 6.45) is 0.252. The number of ether oxygens (including phenoxy) is 1. The number of likely N-dealkylation sites (N-methyl/N-ethyl adjacent to an activating group) is 1. The molecular formula is C22H29N3O3. The molecule has 0 unspecified atom stereocenters. The summed E-state index contributed by atoms with van der Waals surface area (Å²) in [6.45, 7) is 7.90. The van der Waals surface area contributed by atoms with Crippen LogP contribution in [-0.2, 0) is 4.79 Å². The van der Waals surface area contributed by atoms with Gasteiger partial charge < -0.3 is 20.3 Å². The zero-order valence-electron chi connectivity index (χ0n) is 16.6. The number of carbonyl (C=O) groups excluding carboxylic acids is 2. The molecule has 0 fully saturated rings. The molecule has 6 nitrogen and oxygen atoms in total. The summed E-state index contributed by atoms with van der Waals surface area (Å²) in [5.41, 5.74) is 1.23. The van der Waals surface area contributed by atoms with E-state index in [2.05, 4.69) is 29.4 Å². The number of hydrogen-bond acceptors (Lipinski definition) is 4. The van der Waals surface area contributed by atoms with E-state index in [1.54, 1.807) is 24.3 Å².